The molecule has 0 saturated heterocycles. The van der Waals surface area contributed by atoms with Crippen molar-refractivity contribution in [3.8, 4) is 5.75 Å². The number of hydrogen-bond acceptors (Lipinski definition) is 7. The van der Waals surface area contributed by atoms with Crippen molar-refractivity contribution in [3.05, 3.63) is 65.9 Å². The Bertz CT molecular complexity index is 1120. The zero-order valence-electron chi connectivity index (χ0n) is 21.1. The van der Waals surface area contributed by atoms with Crippen molar-refractivity contribution in [1.29, 1.82) is 0 Å². The highest BCUT2D eigenvalue weighted by Crippen LogP contribution is 2.29. The minimum absolute atomic E-state index is 0.0547. The molecule has 0 fully saturated rings. The molecule has 36 heavy (non-hydrogen) atoms. The number of H-pyrrole nitrogens is 1. The fraction of sp³-hybridized carbons (Fsp3) is 0.407. The number of carbonyl (C=O) groups excluding carboxylic acids is 2. The van der Waals surface area contributed by atoms with Crippen LogP contribution < -0.4 is 4.74 Å². The molecule has 0 aliphatic carbocycles. The van der Waals surface area contributed by atoms with Gasteiger partial charge >= 0.3 is 12.2 Å². The molecule has 194 valence electrons. The molecule has 1 heterocycles. The lowest BCUT2D eigenvalue weighted by Crippen LogP contribution is -2.29. The number of hydrogen-bond donors (Lipinski definition) is 2. The second-order valence-corrected chi connectivity index (χ2v) is 8.85. The lowest BCUT2D eigenvalue weighted by molar-refractivity contribution is 0.0781. The lowest BCUT2D eigenvalue weighted by Gasteiger charge is -2.19. The van der Waals surface area contributed by atoms with Crippen molar-refractivity contribution in [3.63, 3.8) is 0 Å². The first-order chi connectivity index (χ1) is 17.3. The molecule has 3 aromatic rings. The van der Waals surface area contributed by atoms with E-state index in [1.807, 2.05) is 62.8 Å². The van der Waals surface area contributed by atoms with Gasteiger partial charge < -0.3 is 34.1 Å². The Morgan fingerprint density at radius 1 is 0.972 bits per heavy atom. The van der Waals surface area contributed by atoms with Crippen LogP contribution in [-0.2, 0) is 15.9 Å². The predicted octanol–water partition coefficient (Wildman–Crippen LogP) is 4.37. The van der Waals surface area contributed by atoms with Gasteiger partial charge in [-0.15, -0.1) is 0 Å². The summed E-state index contributed by atoms with van der Waals surface area (Å²) < 4.78 is 15.8. The number of nitrogens with zero attached hydrogens (tertiary/aromatic N) is 2. The average molecular weight is 498 g/mol. The molecule has 2 aromatic carbocycles. The summed E-state index contributed by atoms with van der Waals surface area (Å²) in [6, 6.07) is 14.8. The molecule has 0 aliphatic heterocycles. The van der Waals surface area contributed by atoms with E-state index in [-0.39, 0.29) is 13.2 Å². The van der Waals surface area contributed by atoms with E-state index in [9.17, 15) is 14.7 Å². The van der Waals surface area contributed by atoms with Crippen LogP contribution in [0.1, 0.15) is 30.1 Å². The molecule has 0 aliphatic rings. The lowest BCUT2D eigenvalue weighted by atomic mass is 10.1. The number of aliphatic hydroxyl groups excluding tert-OH is 1. The molecule has 1 amide bonds. The van der Waals surface area contributed by atoms with Crippen molar-refractivity contribution < 1.29 is 28.9 Å². The molecule has 1 atom stereocenters. The van der Waals surface area contributed by atoms with Crippen LogP contribution in [0.4, 0.5) is 9.59 Å². The number of ether oxygens (including phenoxy) is 3. The van der Waals surface area contributed by atoms with Crippen LogP contribution in [0, 0.1) is 0 Å². The summed E-state index contributed by atoms with van der Waals surface area (Å²) in [7, 11) is 5.63. The van der Waals surface area contributed by atoms with Crippen LogP contribution in [0.5, 0.6) is 5.75 Å². The third-order valence-corrected chi connectivity index (χ3v) is 5.74. The first kappa shape index (κ1) is 27.0. The molecule has 1 unspecified atom stereocenters. The van der Waals surface area contributed by atoms with Crippen LogP contribution >= 0.6 is 0 Å². The minimum atomic E-state index is -0.805. The van der Waals surface area contributed by atoms with Gasteiger partial charge in [-0.25, -0.2) is 9.59 Å². The maximum Gasteiger partial charge on any atom is 0.513 e. The second-order valence-electron chi connectivity index (χ2n) is 8.85. The van der Waals surface area contributed by atoms with E-state index in [0.29, 0.717) is 25.1 Å². The van der Waals surface area contributed by atoms with Gasteiger partial charge in [-0.2, -0.15) is 0 Å². The van der Waals surface area contributed by atoms with Gasteiger partial charge in [0.25, 0.3) is 0 Å². The Morgan fingerprint density at radius 2 is 1.72 bits per heavy atom. The number of aliphatic hydroxyl groups is 1. The molecular formula is C27H35N3O6. The van der Waals surface area contributed by atoms with E-state index in [0.717, 1.165) is 35.0 Å². The zero-order chi connectivity index (χ0) is 25.9. The van der Waals surface area contributed by atoms with Gasteiger partial charge in [0.15, 0.2) is 0 Å². The van der Waals surface area contributed by atoms with Crippen LogP contribution in [0.15, 0.2) is 54.7 Å². The maximum absolute atomic E-state index is 12.2. The van der Waals surface area contributed by atoms with Crippen molar-refractivity contribution in [1.82, 2.24) is 14.8 Å². The molecule has 0 saturated carbocycles. The maximum atomic E-state index is 12.2. The number of benzene rings is 2. The zero-order valence-corrected chi connectivity index (χ0v) is 21.1. The van der Waals surface area contributed by atoms with E-state index in [2.05, 4.69) is 9.88 Å². The van der Waals surface area contributed by atoms with E-state index < -0.39 is 18.4 Å². The van der Waals surface area contributed by atoms with Crippen molar-refractivity contribution in [2.75, 3.05) is 47.4 Å². The number of rotatable bonds is 12. The van der Waals surface area contributed by atoms with Crippen LogP contribution in [-0.4, -0.2) is 79.6 Å². The summed E-state index contributed by atoms with van der Waals surface area (Å²) in [6.07, 6.45) is 1.52. The molecule has 9 heteroatoms. The number of likely N-dealkylation sites (N-methyl/N-ethyl adjacent to an activating group) is 1. The molecule has 2 N–H and O–H groups in total. The Balaban J connectivity index is 1.36. The van der Waals surface area contributed by atoms with Crippen molar-refractivity contribution >= 4 is 23.2 Å². The first-order valence-corrected chi connectivity index (χ1v) is 12.0. The van der Waals surface area contributed by atoms with Gasteiger partial charge in [0.2, 0.25) is 0 Å². The number of carbonyl (C=O) groups is 2. The molecule has 3 rings (SSSR count). The highest BCUT2D eigenvalue weighted by molar-refractivity contribution is 5.90. The second kappa shape index (κ2) is 13.5. The fourth-order valence-corrected chi connectivity index (χ4v) is 3.70. The van der Waals surface area contributed by atoms with Crippen LogP contribution in [0.3, 0.4) is 0 Å². The number of fused-ring (bicyclic) bond motifs is 1. The Morgan fingerprint density at radius 3 is 2.47 bits per heavy atom. The molecule has 0 bridgehead atoms. The monoisotopic (exact) mass is 497 g/mol. The topological polar surface area (TPSA) is 104 Å². The van der Waals surface area contributed by atoms with Crippen molar-refractivity contribution in [2.45, 2.75) is 25.4 Å². The van der Waals surface area contributed by atoms with E-state index in [1.165, 1.54) is 4.90 Å². The molecule has 9 nitrogen and oxygen atoms in total. The number of aromatic amines is 1. The van der Waals surface area contributed by atoms with Gasteiger partial charge in [-0.1, -0.05) is 36.4 Å². The standard InChI is InChI=1S/C27H35N3O6/c1-29(2)15-13-21-19-28-22-11-7-12-24(25(21)22)36-27(33)35-18-8-17-34-26(32)30(3)16-14-23(31)20-9-5-4-6-10-20/h4-7,9-12,19,23,28,31H,8,13-18H2,1-3H3. The summed E-state index contributed by atoms with van der Waals surface area (Å²) in [5, 5.41) is 11.1. The first-order valence-electron chi connectivity index (χ1n) is 12.0. The molecular weight excluding hydrogens is 462 g/mol. The van der Waals surface area contributed by atoms with Gasteiger partial charge in [0.05, 0.1) is 19.3 Å². The average Bonchev–Trinajstić information content (AvgIpc) is 3.30. The smallest absolute Gasteiger partial charge is 0.449 e. The number of amides is 1. The van der Waals surface area contributed by atoms with Gasteiger partial charge in [-0.3, -0.25) is 0 Å². The third kappa shape index (κ3) is 8.00. The predicted molar refractivity (Wildman–Crippen MR) is 137 cm³/mol. The van der Waals surface area contributed by atoms with Gasteiger partial charge in [0, 0.05) is 43.7 Å². The number of aromatic nitrogens is 1. The van der Waals surface area contributed by atoms with Crippen molar-refractivity contribution in [2.24, 2.45) is 0 Å². The Hall–Kier alpha value is -3.56. The van der Waals surface area contributed by atoms with Crippen LogP contribution in [0.25, 0.3) is 10.9 Å². The normalized spacial score (nSPS) is 11.9. The van der Waals surface area contributed by atoms with E-state index >= 15 is 0 Å². The molecule has 1 aromatic heterocycles. The third-order valence-electron chi connectivity index (χ3n) is 5.74. The molecule has 0 spiro atoms. The van der Waals surface area contributed by atoms with E-state index in [4.69, 9.17) is 14.2 Å². The summed E-state index contributed by atoms with van der Waals surface area (Å²) in [4.78, 5) is 31.1. The molecule has 0 radical (unpaired) electrons. The largest absolute Gasteiger partial charge is 0.513 e. The number of nitrogens with one attached hydrogen (secondary N) is 1. The highest BCUT2D eigenvalue weighted by Gasteiger charge is 2.15. The fourth-order valence-electron chi connectivity index (χ4n) is 3.70. The quantitative estimate of drug-likeness (QED) is 0.218. The Kier molecular flexibility index (Phi) is 10.1. The van der Waals surface area contributed by atoms with E-state index in [1.54, 1.807) is 13.1 Å². The minimum Gasteiger partial charge on any atom is -0.449 e. The SMILES string of the molecule is CN(C)CCc1c[nH]c2cccc(OC(=O)OCCCOC(=O)N(C)CCC(O)c3ccccc3)c12. The highest BCUT2D eigenvalue weighted by atomic mass is 16.7. The van der Waals surface area contributed by atoms with Gasteiger partial charge in [0.1, 0.15) is 5.75 Å². The van der Waals surface area contributed by atoms with Gasteiger partial charge in [-0.05, 0) is 50.2 Å². The van der Waals surface area contributed by atoms with Crippen LogP contribution in [0.2, 0.25) is 0 Å². The Labute approximate surface area is 211 Å². The summed E-state index contributed by atoms with van der Waals surface area (Å²) in [6.45, 7) is 1.37. The summed E-state index contributed by atoms with van der Waals surface area (Å²) >= 11 is 0. The summed E-state index contributed by atoms with van der Waals surface area (Å²) in [5.74, 6) is 0.443. The summed E-state index contributed by atoms with van der Waals surface area (Å²) in [5.41, 5.74) is 2.76.